The number of carbonyl (C=O) groups excluding carboxylic acids is 1. The summed E-state index contributed by atoms with van der Waals surface area (Å²) in [6.45, 7) is 0. The molecule has 0 fully saturated rings. The number of rotatable bonds is 3. The van der Waals surface area contributed by atoms with Gasteiger partial charge in [0.05, 0.1) is 6.21 Å². The van der Waals surface area contributed by atoms with E-state index in [1.807, 2.05) is 0 Å². The molecule has 1 aromatic heterocycles. The number of nitrogens with one attached hydrogen (secondary N) is 1. The fourth-order valence-electron chi connectivity index (χ4n) is 1.41. The predicted octanol–water partition coefficient (Wildman–Crippen LogP) is 0.790. The Morgan fingerprint density at radius 1 is 1.32 bits per heavy atom. The summed E-state index contributed by atoms with van der Waals surface area (Å²) < 4.78 is 0.529. The van der Waals surface area contributed by atoms with E-state index < -0.39 is 5.91 Å². The number of aromatic hydroxyl groups is 1. The van der Waals surface area contributed by atoms with Crippen molar-refractivity contribution < 1.29 is 14.6 Å². The Morgan fingerprint density at radius 2 is 2.11 bits per heavy atom. The Bertz CT molecular complexity index is 626. The van der Waals surface area contributed by atoms with Crippen molar-refractivity contribution in [2.24, 2.45) is 5.10 Å². The number of nitrogens with zero attached hydrogens (tertiary/aromatic N) is 2. The molecule has 19 heavy (non-hydrogen) atoms. The number of hydrogen-bond donors (Lipinski definition) is 2. The summed E-state index contributed by atoms with van der Waals surface area (Å²) in [7, 11) is 0. The molecule has 2 rings (SSSR count). The number of phenolic OH excluding ortho intramolecular Hbond substituents is 1. The average Bonchev–Trinajstić information content (AvgIpc) is 2.41. The monoisotopic (exact) mass is 257 g/mol. The first-order valence-electron chi connectivity index (χ1n) is 5.47. The van der Waals surface area contributed by atoms with Gasteiger partial charge >= 0.3 is 0 Å². The second kappa shape index (κ2) is 5.63. The molecule has 0 unspecified atom stereocenters. The van der Waals surface area contributed by atoms with Crippen LogP contribution in [0, 0.1) is 5.21 Å². The van der Waals surface area contributed by atoms with Crippen LogP contribution in [0.4, 0.5) is 0 Å². The molecule has 0 aliphatic carbocycles. The second-order valence-electron chi connectivity index (χ2n) is 3.71. The number of para-hydroxylation sites is 1. The molecule has 0 saturated carbocycles. The van der Waals surface area contributed by atoms with E-state index in [1.165, 1.54) is 30.6 Å². The second-order valence-corrected chi connectivity index (χ2v) is 3.71. The molecule has 6 nitrogen and oxygen atoms in total. The zero-order valence-corrected chi connectivity index (χ0v) is 9.85. The lowest BCUT2D eigenvalue weighted by Gasteiger charge is -2.00. The molecule has 96 valence electrons. The third-order valence-corrected chi connectivity index (χ3v) is 2.34. The Kier molecular flexibility index (Phi) is 3.72. The smallest absolute Gasteiger partial charge is 0.277 e. The van der Waals surface area contributed by atoms with Crippen LogP contribution in [0.5, 0.6) is 5.75 Å². The number of aromatic nitrogens is 1. The van der Waals surface area contributed by atoms with Gasteiger partial charge in [-0.3, -0.25) is 4.79 Å². The topological polar surface area (TPSA) is 88.6 Å². The lowest BCUT2D eigenvalue weighted by atomic mass is 10.2. The van der Waals surface area contributed by atoms with Gasteiger partial charge < -0.3 is 10.3 Å². The van der Waals surface area contributed by atoms with Crippen molar-refractivity contribution in [2.45, 2.75) is 0 Å². The van der Waals surface area contributed by atoms with Crippen molar-refractivity contribution in [3.8, 4) is 5.75 Å². The van der Waals surface area contributed by atoms with Crippen molar-refractivity contribution in [3.63, 3.8) is 0 Å². The normalized spacial score (nSPS) is 10.5. The number of hydrazone groups is 1. The summed E-state index contributed by atoms with van der Waals surface area (Å²) in [5.41, 5.74) is 2.95. The number of amides is 1. The van der Waals surface area contributed by atoms with Crippen molar-refractivity contribution in [2.75, 3.05) is 0 Å². The number of benzene rings is 1. The van der Waals surface area contributed by atoms with Crippen molar-refractivity contribution >= 4 is 12.1 Å². The number of carbonyl (C=O) groups is 1. The molecule has 0 saturated heterocycles. The van der Waals surface area contributed by atoms with Gasteiger partial charge in [-0.1, -0.05) is 12.1 Å². The summed E-state index contributed by atoms with van der Waals surface area (Å²) >= 11 is 0. The van der Waals surface area contributed by atoms with E-state index in [-0.39, 0.29) is 11.3 Å². The van der Waals surface area contributed by atoms with Crippen LogP contribution in [-0.2, 0) is 0 Å². The van der Waals surface area contributed by atoms with E-state index in [0.29, 0.717) is 10.3 Å². The van der Waals surface area contributed by atoms with E-state index in [1.54, 1.807) is 18.2 Å². The number of hydrogen-bond acceptors (Lipinski definition) is 4. The SMILES string of the molecule is O=C(NN=Cc1ccccc1O)c1ccc[n+]([O-])c1. The molecule has 0 radical (unpaired) electrons. The van der Waals surface area contributed by atoms with Gasteiger partial charge in [0.2, 0.25) is 0 Å². The molecule has 6 heteroatoms. The Labute approximate surface area is 109 Å². The minimum Gasteiger partial charge on any atom is -0.619 e. The first-order chi connectivity index (χ1) is 9.16. The zero-order valence-electron chi connectivity index (χ0n) is 9.85. The quantitative estimate of drug-likeness (QED) is 0.369. The van der Waals surface area contributed by atoms with Gasteiger partial charge in [0.15, 0.2) is 12.4 Å². The summed E-state index contributed by atoms with van der Waals surface area (Å²) in [6.07, 6.45) is 3.74. The van der Waals surface area contributed by atoms with Crippen LogP contribution >= 0.6 is 0 Å². The summed E-state index contributed by atoms with van der Waals surface area (Å²) in [5.74, 6) is -0.436. The van der Waals surface area contributed by atoms with Crippen LogP contribution in [-0.4, -0.2) is 17.2 Å². The molecule has 0 aliphatic rings. The predicted molar refractivity (Wildman–Crippen MR) is 68.6 cm³/mol. The lowest BCUT2D eigenvalue weighted by molar-refractivity contribution is -0.605. The van der Waals surface area contributed by atoms with Gasteiger partial charge in [0, 0.05) is 11.6 Å². The Hall–Kier alpha value is -2.89. The van der Waals surface area contributed by atoms with Crippen LogP contribution in [0.3, 0.4) is 0 Å². The molecule has 0 atom stereocenters. The highest BCUT2D eigenvalue weighted by Crippen LogP contribution is 2.12. The fraction of sp³-hybridized carbons (Fsp3) is 0. The standard InChI is InChI=1S/C13H11N3O3/c17-12-6-2-1-4-10(12)8-14-15-13(18)11-5-3-7-16(19)9-11/h1-9,17H,(H,15,18). The first-order valence-corrected chi connectivity index (χ1v) is 5.47. The van der Waals surface area contributed by atoms with Crippen LogP contribution in [0.1, 0.15) is 15.9 Å². The first kappa shape index (κ1) is 12.6. The van der Waals surface area contributed by atoms with Crippen molar-refractivity contribution in [1.29, 1.82) is 0 Å². The molecule has 1 heterocycles. The van der Waals surface area contributed by atoms with Gasteiger partial charge in [-0.25, -0.2) is 5.43 Å². The fourth-order valence-corrected chi connectivity index (χ4v) is 1.41. The van der Waals surface area contributed by atoms with E-state index in [9.17, 15) is 15.1 Å². The maximum Gasteiger partial charge on any atom is 0.277 e. The Balaban J connectivity index is 2.03. The van der Waals surface area contributed by atoms with Crippen LogP contribution in [0.15, 0.2) is 53.9 Å². The van der Waals surface area contributed by atoms with E-state index >= 15 is 0 Å². The number of pyridine rings is 1. The molecule has 0 aliphatic heterocycles. The zero-order chi connectivity index (χ0) is 13.7. The molecular formula is C13H11N3O3. The van der Waals surface area contributed by atoms with Gasteiger partial charge in [-0.15, -0.1) is 0 Å². The summed E-state index contributed by atoms with van der Waals surface area (Å²) in [6, 6.07) is 9.55. The van der Waals surface area contributed by atoms with Crippen molar-refractivity contribution in [1.82, 2.24) is 5.43 Å². The molecule has 0 bridgehead atoms. The van der Waals surface area contributed by atoms with E-state index in [0.717, 1.165) is 6.20 Å². The third kappa shape index (κ3) is 3.29. The highest BCUT2D eigenvalue weighted by molar-refractivity contribution is 5.94. The summed E-state index contributed by atoms with van der Waals surface area (Å²) in [5, 5.41) is 24.2. The van der Waals surface area contributed by atoms with E-state index in [2.05, 4.69) is 10.5 Å². The molecule has 1 aromatic carbocycles. The third-order valence-electron chi connectivity index (χ3n) is 2.34. The van der Waals surface area contributed by atoms with Gasteiger partial charge in [0.1, 0.15) is 11.3 Å². The maximum absolute atomic E-state index is 11.6. The highest BCUT2D eigenvalue weighted by atomic mass is 16.5. The van der Waals surface area contributed by atoms with Crippen LogP contribution < -0.4 is 10.2 Å². The van der Waals surface area contributed by atoms with Gasteiger partial charge in [0.25, 0.3) is 5.91 Å². The van der Waals surface area contributed by atoms with Crippen molar-refractivity contribution in [3.05, 3.63) is 65.1 Å². The molecular weight excluding hydrogens is 246 g/mol. The largest absolute Gasteiger partial charge is 0.619 e. The van der Waals surface area contributed by atoms with Gasteiger partial charge in [-0.2, -0.15) is 9.83 Å². The highest BCUT2D eigenvalue weighted by Gasteiger charge is 2.06. The van der Waals surface area contributed by atoms with Crippen LogP contribution in [0.2, 0.25) is 0 Å². The molecule has 2 N–H and O–H groups in total. The molecule has 0 spiro atoms. The number of phenols is 1. The Morgan fingerprint density at radius 3 is 2.84 bits per heavy atom. The van der Waals surface area contributed by atoms with E-state index in [4.69, 9.17) is 0 Å². The lowest BCUT2D eigenvalue weighted by Crippen LogP contribution is -2.28. The van der Waals surface area contributed by atoms with Gasteiger partial charge in [-0.05, 0) is 18.2 Å². The molecule has 2 aromatic rings. The summed E-state index contributed by atoms with van der Waals surface area (Å²) in [4.78, 5) is 11.6. The molecule has 1 amide bonds. The maximum atomic E-state index is 11.6. The van der Waals surface area contributed by atoms with Crippen LogP contribution in [0.25, 0.3) is 0 Å². The average molecular weight is 257 g/mol. The minimum atomic E-state index is -0.503. The minimum absolute atomic E-state index is 0.0672.